The smallest absolute Gasteiger partial charge is 0.293 e. The van der Waals surface area contributed by atoms with Crippen LogP contribution in [0.1, 0.15) is 55.5 Å². The third-order valence-corrected chi connectivity index (χ3v) is 3.82. The fourth-order valence-electron chi connectivity index (χ4n) is 2.36. The van der Waals surface area contributed by atoms with Gasteiger partial charge in [0.15, 0.2) is 0 Å². The molecule has 2 rings (SSSR count). The first-order chi connectivity index (χ1) is 9.19. The highest BCUT2D eigenvalue weighted by atomic mass is 17.2. The van der Waals surface area contributed by atoms with E-state index in [-0.39, 0.29) is 6.10 Å². The van der Waals surface area contributed by atoms with Crippen LogP contribution >= 0.6 is 0 Å². The van der Waals surface area contributed by atoms with Crippen molar-refractivity contribution in [3.05, 3.63) is 35.4 Å². The van der Waals surface area contributed by atoms with Crippen molar-refractivity contribution in [1.82, 2.24) is 0 Å². The molecule has 1 aromatic rings. The maximum Gasteiger partial charge on any atom is 0.373 e. The number of benzene rings is 1. The zero-order chi connectivity index (χ0) is 13.7. The molecule has 0 heterocycles. The highest BCUT2D eigenvalue weighted by Crippen LogP contribution is 2.25. The minimum Gasteiger partial charge on any atom is -0.293 e. The van der Waals surface area contributed by atoms with Gasteiger partial charge >= 0.3 is 5.97 Å². The molecule has 0 unspecified atom stereocenters. The average molecular weight is 262 g/mol. The van der Waals surface area contributed by atoms with Gasteiger partial charge in [0.25, 0.3) is 0 Å². The minimum absolute atomic E-state index is 0.0649. The van der Waals surface area contributed by atoms with Crippen LogP contribution in [0.25, 0.3) is 0 Å². The minimum atomic E-state index is -0.402. The van der Waals surface area contributed by atoms with Crippen LogP contribution in [-0.4, -0.2) is 12.1 Å². The van der Waals surface area contributed by atoms with Gasteiger partial charge in [-0.05, 0) is 55.7 Å². The van der Waals surface area contributed by atoms with E-state index in [9.17, 15) is 4.79 Å². The number of carbonyl (C=O) groups is 1. The second kappa shape index (κ2) is 6.71. The van der Waals surface area contributed by atoms with Gasteiger partial charge in [0, 0.05) is 0 Å². The van der Waals surface area contributed by atoms with Gasteiger partial charge in [-0.25, -0.2) is 4.79 Å². The summed E-state index contributed by atoms with van der Waals surface area (Å²) in [4.78, 5) is 22.0. The van der Waals surface area contributed by atoms with Crippen molar-refractivity contribution in [1.29, 1.82) is 0 Å². The molecule has 0 amide bonds. The molecule has 0 saturated heterocycles. The molecule has 1 aliphatic rings. The monoisotopic (exact) mass is 262 g/mol. The summed E-state index contributed by atoms with van der Waals surface area (Å²) in [5.41, 5.74) is 1.75. The predicted octanol–water partition coefficient (Wildman–Crippen LogP) is 3.92. The van der Waals surface area contributed by atoms with Crippen LogP contribution in [0.5, 0.6) is 0 Å². The molecule has 0 spiro atoms. The molecule has 3 nitrogen and oxygen atoms in total. The summed E-state index contributed by atoms with van der Waals surface area (Å²) in [6.45, 7) is 4.33. The second-order valence-electron chi connectivity index (χ2n) is 5.40. The fraction of sp³-hybridized carbons (Fsp3) is 0.562. The Hall–Kier alpha value is -1.35. The molecule has 3 heteroatoms. The van der Waals surface area contributed by atoms with E-state index in [1.165, 1.54) is 5.56 Å². The van der Waals surface area contributed by atoms with E-state index in [2.05, 4.69) is 13.8 Å². The van der Waals surface area contributed by atoms with Gasteiger partial charge < -0.3 is 0 Å². The molecule has 0 atom stereocenters. The summed E-state index contributed by atoms with van der Waals surface area (Å²) in [7, 11) is 0. The summed E-state index contributed by atoms with van der Waals surface area (Å²) in [5, 5.41) is 0. The van der Waals surface area contributed by atoms with E-state index >= 15 is 0 Å². The van der Waals surface area contributed by atoms with Gasteiger partial charge in [0.05, 0.1) is 5.56 Å². The van der Waals surface area contributed by atoms with E-state index in [4.69, 9.17) is 9.78 Å². The molecule has 1 aliphatic carbocycles. The van der Waals surface area contributed by atoms with Gasteiger partial charge in [0.2, 0.25) is 0 Å². The number of rotatable bonds is 4. The lowest BCUT2D eigenvalue weighted by molar-refractivity contribution is -0.280. The number of hydrogen-bond donors (Lipinski definition) is 0. The summed E-state index contributed by atoms with van der Waals surface area (Å²) < 4.78 is 0. The van der Waals surface area contributed by atoms with Gasteiger partial charge in [-0.15, -0.1) is 0 Å². The summed E-state index contributed by atoms with van der Waals surface area (Å²) >= 11 is 0. The van der Waals surface area contributed by atoms with E-state index in [0.717, 1.165) is 38.0 Å². The largest absolute Gasteiger partial charge is 0.373 e. The Morgan fingerprint density at radius 2 is 1.79 bits per heavy atom. The molecular formula is C16H22O3. The van der Waals surface area contributed by atoms with Gasteiger partial charge in [0.1, 0.15) is 6.10 Å². The first-order valence-corrected chi connectivity index (χ1v) is 7.15. The maximum absolute atomic E-state index is 11.8. The normalized spacial score (nSPS) is 23.1. The Labute approximate surface area is 114 Å². The Morgan fingerprint density at radius 3 is 2.37 bits per heavy atom. The molecule has 0 bridgehead atoms. The summed E-state index contributed by atoms with van der Waals surface area (Å²) in [6, 6.07) is 7.46. The van der Waals surface area contributed by atoms with Crippen molar-refractivity contribution in [3.63, 3.8) is 0 Å². The fourth-order valence-corrected chi connectivity index (χ4v) is 2.36. The van der Waals surface area contributed by atoms with Crippen molar-refractivity contribution >= 4 is 5.97 Å². The van der Waals surface area contributed by atoms with Crippen LogP contribution in [0.3, 0.4) is 0 Å². The molecule has 1 fully saturated rings. The van der Waals surface area contributed by atoms with Crippen LogP contribution in [-0.2, 0) is 16.2 Å². The van der Waals surface area contributed by atoms with Crippen LogP contribution < -0.4 is 0 Å². The lowest BCUT2D eigenvalue weighted by Gasteiger charge is -2.24. The topological polar surface area (TPSA) is 35.5 Å². The quantitative estimate of drug-likeness (QED) is 0.609. The van der Waals surface area contributed by atoms with Crippen LogP contribution in [0.15, 0.2) is 24.3 Å². The van der Waals surface area contributed by atoms with Gasteiger partial charge in [-0.2, -0.15) is 4.89 Å². The zero-order valence-electron chi connectivity index (χ0n) is 11.7. The molecule has 0 radical (unpaired) electrons. The third kappa shape index (κ3) is 4.06. The average Bonchev–Trinajstić information content (AvgIpc) is 2.46. The van der Waals surface area contributed by atoms with Gasteiger partial charge in [-0.3, -0.25) is 4.89 Å². The van der Waals surface area contributed by atoms with E-state index in [0.29, 0.717) is 5.56 Å². The Morgan fingerprint density at radius 1 is 1.16 bits per heavy atom. The second-order valence-corrected chi connectivity index (χ2v) is 5.40. The van der Waals surface area contributed by atoms with Gasteiger partial charge in [-0.1, -0.05) is 26.0 Å². The van der Waals surface area contributed by atoms with Crippen LogP contribution in [0.4, 0.5) is 0 Å². The van der Waals surface area contributed by atoms with Crippen LogP contribution in [0.2, 0.25) is 0 Å². The highest BCUT2D eigenvalue weighted by Gasteiger charge is 2.21. The Kier molecular flexibility index (Phi) is 4.97. The van der Waals surface area contributed by atoms with Crippen molar-refractivity contribution in [3.8, 4) is 0 Å². The predicted molar refractivity (Wildman–Crippen MR) is 73.7 cm³/mol. The molecular weight excluding hydrogens is 240 g/mol. The zero-order valence-corrected chi connectivity index (χ0v) is 11.7. The molecule has 0 N–H and O–H groups in total. The van der Waals surface area contributed by atoms with Crippen LogP contribution in [0, 0.1) is 5.92 Å². The van der Waals surface area contributed by atoms with E-state index in [1.54, 1.807) is 12.1 Å². The third-order valence-electron chi connectivity index (χ3n) is 3.82. The van der Waals surface area contributed by atoms with Crippen molar-refractivity contribution in [2.45, 2.75) is 52.1 Å². The summed E-state index contributed by atoms with van der Waals surface area (Å²) in [6.07, 6.45) is 5.27. The van der Waals surface area contributed by atoms with Crippen molar-refractivity contribution in [2.24, 2.45) is 5.92 Å². The van der Waals surface area contributed by atoms with Crippen molar-refractivity contribution < 1.29 is 14.6 Å². The first-order valence-electron chi connectivity index (χ1n) is 7.15. The maximum atomic E-state index is 11.8. The molecule has 0 aromatic heterocycles. The Bertz CT molecular complexity index is 403. The SMILES string of the molecule is CCc1ccc(C(=O)OOC2CCC(C)CC2)cc1. The number of aryl methyl sites for hydroxylation is 1. The molecule has 1 aromatic carbocycles. The first kappa shape index (κ1) is 14.1. The lowest BCUT2D eigenvalue weighted by atomic mass is 9.89. The standard InChI is InChI=1S/C16H22O3/c1-3-13-6-8-14(9-7-13)16(17)19-18-15-10-4-12(2)5-11-15/h6-9,12,15H,3-5,10-11H2,1-2H3. The summed E-state index contributed by atoms with van der Waals surface area (Å²) in [5.74, 6) is 0.360. The molecule has 19 heavy (non-hydrogen) atoms. The Balaban J connectivity index is 1.80. The lowest BCUT2D eigenvalue weighted by Crippen LogP contribution is -2.22. The number of carbonyl (C=O) groups excluding carboxylic acids is 1. The van der Waals surface area contributed by atoms with E-state index in [1.807, 2.05) is 12.1 Å². The molecule has 1 saturated carbocycles. The van der Waals surface area contributed by atoms with Crippen molar-refractivity contribution in [2.75, 3.05) is 0 Å². The highest BCUT2D eigenvalue weighted by molar-refractivity contribution is 5.88. The molecule has 0 aliphatic heterocycles. The molecule has 104 valence electrons. The van der Waals surface area contributed by atoms with E-state index < -0.39 is 5.97 Å². The number of hydrogen-bond acceptors (Lipinski definition) is 3.